The standard InChI is InChI=1S/C11H19N3O7/c1-20-11(17)8-13-10(16)5-6-12-9(15)4-2-3-7-21-14(18)19/h2-8H2,1H3,(H,12,15)(H,13,16). The Morgan fingerprint density at radius 2 is 1.76 bits per heavy atom. The van der Waals surface area contributed by atoms with Crippen molar-refractivity contribution < 1.29 is 29.0 Å². The lowest BCUT2D eigenvalue weighted by Gasteiger charge is -2.06. The Morgan fingerprint density at radius 3 is 2.38 bits per heavy atom. The molecule has 0 aliphatic heterocycles. The minimum Gasteiger partial charge on any atom is -0.468 e. The molecule has 0 saturated heterocycles. The van der Waals surface area contributed by atoms with Crippen molar-refractivity contribution in [1.82, 2.24) is 10.6 Å². The predicted octanol–water partition coefficient (Wildman–Crippen LogP) is -0.839. The first-order valence-corrected chi connectivity index (χ1v) is 6.33. The van der Waals surface area contributed by atoms with Crippen molar-refractivity contribution in [3.8, 4) is 0 Å². The number of rotatable bonds is 11. The van der Waals surface area contributed by atoms with Gasteiger partial charge in [-0.2, -0.15) is 0 Å². The molecule has 120 valence electrons. The highest BCUT2D eigenvalue weighted by Crippen LogP contribution is 1.96. The van der Waals surface area contributed by atoms with Crippen LogP contribution < -0.4 is 10.6 Å². The Balaban J connectivity index is 3.50. The molecule has 0 unspecified atom stereocenters. The lowest BCUT2D eigenvalue weighted by molar-refractivity contribution is -0.757. The topological polar surface area (TPSA) is 137 Å². The smallest absolute Gasteiger partial charge is 0.325 e. The normalized spacial score (nSPS) is 9.57. The highest BCUT2D eigenvalue weighted by Gasteiger charge is 2.06. The molecule has 2 N–H and O–H groups in total. The van der Waals surface area contributed by atoms with Crippen molar-refractivity contribution >= 4 is 17.8 Å². The van der Waals surface area contributed by atoms with Crippen LogP contribution in [-0.4, -0.2) is 49.7 Å². The zero-order valence-corrected chi connectivity index (χ0v) is 11.8. The SMILES string of the molecule is COC(=O)CNC(=O)CCNC(=O)CCCCO[N+](=O)[O-]. The van der Waals surface area contributed by atoms with E-state index in [0.717, 1.165) is 0 Å². The summed E-state index contributed by atoms with van der Waals surface area (Å²) in [5, 5.41) is 13.8. The first-order chi connectivity index (χ1) is 9.95. The summed E-state index contributed by atoms with van der Waals surface area (Å²) in [7, 11) is 1.21. The highest BCUT2D eigenvalue weighted by molar-refractivity contribution is 5.82. The molecule has 10 nitrogen and oxygen atoms in total. The van der Waals surface area contributed by atoms with Gasteiger partial charge in [0.25, 0.3) is 5.09 Å². The molecular weight excluding hydrogens is 286 g/mol. The monoisotopic (exact) mass is 305 g/mol. The first-order valence-electron chi connectivity index (χ1n) is 6.33. The van der Waals surface area contributed by atoms with Crippen LogP contribution in [0.3, 0.4) is 0 Å². The van der Waals surface area contributed by atoms with Crippen LogP contribution in [-0.2, 0) is 24.0 Å². The van der Waals surface area contributed by atoms with E-state index >= 15 is 0 Å². The molecule has 0 aliphatic rings. The molecule has 0 rings (SSSR count). The Hall–Kier alpha value is -2.39. The summed E-state index contributed by atoms with van der Waals surface area (Å²) in [5.74, 6) is -1.18. The van der Waals surface area contributed by atoms with Crippen LogP contribution in [0.1, 0.15) is 25.7 Å². The number of hydrogen-bond donors (Lipinski definition) is 2. The fraction of sp³-hybridized carbons (Fsp3) is 0.727. The van der Waals surface area contributed by atoms with Gasteiger partial charge in [0, 0.05) is 19.4 Å². The van der Waals surface area contributed by atoms with Gasteiger partial charge < -0.3 is 20.2 Å². The molecule has 0 aromatic rings. The zero-order valence-electron chi connectivity index (χ0n) is 11.8. The Morgan fingerprint density at radius 1 is 1.10 bits per heavy atom. The van der Waals surface area contributed by atoms with Crippen LogP contribution in [0.5, 0.6) is 0 Å². The Bertz CT molecular complexity index is 373. The minimum absolute atomic E-state index is 0.0454. The molecule has 21 heavy (non-hydrogen) atoms. The van der Waals surface area contributed by atoms with Crippen LogP contribution in [0.15, 0.2) is 0 Å². The van der Waals surface area contributed by atoms with Crippen molar-refractivity contribution in [1.29, 1.82) is 0 Å². The van der Waals surface area contributed by atoms with Gasteiger partial charge in [-0.3, -0.25) is 14.4 Å². The second-order valence-electron chi connectivity index (χ2n) is 3.97. The van der Waals surface area contributed by atoms with E-state index in [1.54, 1.807) is 0 Å². The summed E-state index contributed by atoms with van der Waals surface area (Å²) < 4.78 is 4.35. The number of carbonyl (C=O) groups excluding carboxylic acids is 3. The summed E-state index contributed by atoms with van der Waals surface area (Å²) in [6.45, 7) is -0.104. The maximum Gasteiger partial charge on any atom is 0.325 e. The van der Waals surface area contributed by atoms with Gasteiger partial charge >= 0.3 is 5.97 Å². The van der Waals surface area contributed by atoms with E-state index in [-0.39, 0.29) is 44.4 Å². The van der Waals surface area contributed by atoms with E-state index in [9.17, 15) is 24.5 Å². The third-order valence-corrected chi connectivity index (χ3v) is 2.33. The van der Waals surface area contributed by atoms with Crippen LogP contribution in [0.4, 0.5) is 0 Å². The molecule has 0 fully saturated rings. The fourth-order valence-corrected chi connectivity index (χ4v) is 1.26. The molecule has 0 atom stereocenters. The van der Waals surface area contributed by atoms with E-state index in [4.69, 9.17) is 0 Å². The highest BCUT2D eigenvalue weighted by atomic mass is 16.9. The van der Waals surface area contributed by atoms with Crippen molar-refractivity contribution in [3.63, 3.8) is 0 Å². The molecule has 0 bridgehead atoms. The average Bonchev–Trinajstić information content (AvgIpc) is 2.44. The molecule has 10 heteroatoms. The molecule has 0 spiro atoms. The van der Waals surface area contributed by atoms with Gasteiger partial charge in [0.1, 0.15) is 6.54 Å². The number of nitrogens with one attached hydrogen (secondary N) is 2. The van der Waals surface area contributed by atoms with Gasteiger partial charge in [-0.15, -0.1) is 10.1 Å². The van der Waals surface area contributed by atoms with Crippen LogP contribution in [0.2, 0.25) is 0 Å². The van der Waals surface area contributed by atoms with E-state index in [1.807, 2.05) is 0 Å². The van der Waals surface area contributed by atoms with Crippen molar-refractivity contribution in [2.24, 2.45) is 0 Å². The molecule has 0 heterocycles. The number of amides is 2. The second kappa shape index (κ2) is 11.4. The Labute approximate surface area is 121 Å². The van der Waals surface area contributed by atoms with Gasteiger partial charge in [0.15, 0.2) is 0 Å². The Kier molecular flexibility index (Phi) is 10.1. The summed E-state index contributed by atoms with van der Waals surface area (Å²) in [5.41, 5.74) is 0. The summed E-state index contributed by atoms with van der Waals surface area (Å²) >= 11 is 0. The molecule has 2 amide bonds. The quantitative estimate of drug-likeness (QED) is 0.220. The zero-order chi connectivity index (χ0) is 16.1. The van der Waals surface area contributed by atoms with Crippen LogP contribution in [0.25, 0.3) is 0 Å². The van der Waals surface area contributed by atoms with Gasteiger partial charge in [-0.25, -0.2) is 0 Å². The van der Waals surface area contributed by atoms with E-state index < -0.39 is 11.1 Å². The average molecular weight is 305 g/mol. The van der Waals surface area contributed by atoms with E-state index in [0.29, 0.717) is 12.8 Å². The maximum absolute atomic E-state index is 11.3. The van der Waals surface area contributed by atoms with Crippen LogP contribution in [0, 0.1) is 10.1 Å². The van der Waals surface area contributed by atoms with E-state index in [1.165, 1.54) is 7.11 Å². The third-order valence-electron chi connectivity index (χ3n) is 2.33. The van der Waals surface area contributed by atoms with Gasteiger partial charge in [-0.05, 0) is 12.8 Å². The van der Waals surface area contributed by atoms with Gasteiger partial charge in [-0.1, -0.05) is 0 Å². The predicted molar refractivity (Wildman–Crippen MR) is 69.4 cm³/mol. The molecule has 0 aromatic heterocycles. The first kappa shape index (κ1) is 18.6. The number of esters is 1. The summed E-state index contributed by atoms with van der Waals surface area (Å²) in [6.07, 6.45) is 1.10. The number of unbranched alkanes of at least 4 members (excludes halogenated alkanes) is 1. The maximum atomic E-state index is 11.3. The molecule has 0 radical (unpaired) electrons. The molecule has 0 saturated carbocycles. The summed E-state index contributed by atoms with van der Waals surface area (Å²) in [4.78, 5) is 47.3. The molecule has 0 aliphatic carbocycles. The number of hydrogen-bond acceptors (Lipinski definition) is 7. The van der Waals surface area contributed by atoms with Gasteiger partial charge in [0.2, 0.25) is 11.8 Å². The third kappa shape index (κ3) is 12.4. The van der Waals surface area contributed by atoms with Gasteiger partial charge in [0.05, 0.1) is 13.7 Å². The second-order valence-corrected chi connectivity index (χ2v) is 3.97. The van der Waals surface area contributed by atoms with E-state index in [2.05, 4.69) is 20.2 Å². The van der Waals surface area contributed by atoms with Crippen molar-refractivity contribution in [2.45, 2.75) is 25.7 Å². The largest absolute Gasteiger partial charge is 0.468 e. The number of methoxy groups -OCH3 is 1. The minimum atomic E-state index is -0.882. The summed E-state index contributed by atoms with van der Waals surface area (Å²) in [6, 6.07) is 0. The fourth-order valence-electron chi connectivity index (χ4n) is 1.26. The molecular formula is C11H19N3O7. The number of carbonyl (C=O) groups is 3. The number of ether oxygens (including phenoxy) is 1. The van der Waals surface area contributed by atoms with Crippen molar-refractivity contribution in [3.05, 3.63) is 10.1 Å². The number of nitrogens with zero attached hydrogens (tertiary/aromatic N) is 1. The van der Waals surface area contributed by atoms with Crippen LogP contribution >= 0.6 is 0 Å². The van der Waals surface area contributed by atoms with Crippen molar-refractivity contribution in [2.75, 3.05) is 26.8 Å². The lowest BCUT2D eigenvalue weighted by Crippen LogP contribution is -2.33. The molecule has 0 aromatic carbocycles. The lowest BCUT2D eigenvalue weighted by atomic mass is 10.2.